The molecule has 0 bridgehead atoms. The molecule has 0 aromatic rings. The molecule has 0 aliphatic heterocycles. The van der Waals surface area contributed by atoms with Crippen molar-refractivity contribution in [1.29, 1.82) is 0 Å². The molecule has 172 valence electrons. The standard InChI is InChI=1S/C29H44O2/c1-18(2)7-6-8-19(3)26-23(30)17-22-20-9-10-24-27(4,21(20)11-13-28(22,26)5)14-12-25(31)29(24)15-16-29/h7,10,19-22,25-26,31H,6,8-9,11-17H2,1-5H3/t19-,20-,21+,22+,25?,26+,27-,28+/m1/s1. The lowest BCUT2D eigenvalue weighted by Crippen LogP contribution is -2.53. The van der Waals surface area contributed by atoms with Crippen LogP contribution in [-0.2, 0) is 4.79 Å². The van der Waals surface area contributed by atoms with E-state index in [0.29, 0.717) is 29.5 Å². The van der Waals surface area contributed by atoms with Crippen molar-refractivity contribution >= 4 is 5.78 Å². The summed E-state index contributed by atoms with van der Waals surface area (Å²) < 4.78 is 0. The number of carbonyl (C=O) groups excluding carboxylic acids is 1. The number of carbonyl (C=O) groups is 1. The number of rotatable bonds is 4. The maximum atomic E-state index is 13.4. The fourth-order valence-electron chi connectivity index (χ4n) is 9.41. The molecule has 4 fully saturated rings. The van der Waals surface area contributed by atoms with Crippen molar-refractivity contribution in [2.75, 3.05) is 0 Å². The van der Waals surface area contributed by atoms with Crippen LogP contribution in [0.3, 0.4) is 0 Å². The summed E-state index contributed by atoms with van der Waals surface area (Å²) in [6, 6.07) is 0. The van der Waals surface area contributed by atoms with Crippen LogP contribution >= 0.6 is 0 Å². The zero-order valence-electron chi connectivity index (χ0n) is 20.5. The van der Waals surface area contributed by atoms with E-state index in [0.717, 1.165) is 38.5 Å². The van der Waals surface area contributed by atoms with Gasteiger partial charge in [-0.1, -0.05) is 44.1 Å². The molecular formula is C29H44O2. The molecule has 5 aliphatic rings. The van der Waals surface area contributed by atoms with Crippen molar-refractivity contribution < 1.29 is 9.90 Å². The first-order valence-corrected chi connectivity index (χ1v) is 13.2. The van der Waals surface area contributed by atoms with Crippen LogP contribution in [0.1, 0.15) is 98.8 Å². The summed E-state index contributed by atoms with van der Waals surface area (Å²) in [5.41, 5.74) is 3.59. The van der Waals surface area contributed by atoms with Gasteiger partial charge in [-0.25, -0.2) is 0 Å². The molecule has 0 aromatic carbocycles. The monoisotopic (exact) mass is 424 g/mol. The first-order chi connectivity index (χ1) is 14.6. The number of aliphatic hydroxyl groups excluding tert-OH is 1. The average molecular weight is 425 g/mol. The van der Waals surface area contributed by atoms with E-state index in [1.54, 1.807) is 5.57 Å². The second-order valence-electron chi connectivity index (χ2n) is 12.9. The summed E-state index contributed by atoms with van der Waals surface area (Å²) in [4.78, 5) is 13.4. The third kappa shape index (κ3) is 3.10. The Morgan fingerprint density at radius 3 is 2.58 bits per heavy atom. The first kappa shape index (κ1) is 21.9. The molecule has 4 saturated carbocycles. The van der Waals surface area contributed by atoms with Crippen LogP contribution in [0, 0.1) is 45.8 Å². The number of hydrogen-bond acceptors (Lipinski definition) is 2. The molecule has 1 N–H and O–H groups in total. The highest BCUT2D eigenvalue weighted by Crippen LogP contribution is 2.72. The zero-order valence-corrected chi connectivity index (χ0v) is 20.5. The van der Waals surface area contributed by atoms with Gasteiger partial charge in [0.2, 0.25) is 0 Å². The van der Waals surface area contributed by atoms with Crippen molar-refractivity contribution in [2.24, 2.45) is 45.8 Å². The van der Waals surface area contributed by atoms with Gasteiger partial charge in [-0.2, -0.15) is 0 Å². The maximum Gasteiger partial charge on any atom is 0.137 e. The molecule has 0 aromatic heterocycles. The van der Waals surface area contributed by atoms with Crippen LogP contribution in [-0.4, -0.2) is 17.0 Å². The highest BCUT2D eigenvalue weighted by atomic mass is 16.3. The van der Waals surface area contributed by atoms with E-state index in [4.69, 9.17) is 0 Å². The largest absolute Gasteiger partial charge is 0.392 e. The normalized spacial score (nSPS) is 45.9. The van der Waals surface area contributed by atoms with Crippen LogP contribution in [0.5, 0.6) is 0 Å². The van der Waals surface area contributed by atoms with E-state index in [1.807, 2.05) is 0 Å². The third-order valence-electron chi connectivity index (χ3n) is 11.0. The summed E-state index contributed by atoms with van der Waals surface area (Å²) in [5.74, 6) is 3.24. The lowest BCUT2D eigenvalue weighted by molar-refractivity contribution is -0.124. The van der Waals surface area contributed by atoms with E-state index in [2.05, 4.69) is 46.8 Å². The van der Waals surface area contributed by atoms with Crippen LogP contribution < -0.4 is 0 Å². The van der Waals surface area contributed by atoms with Crippen LogP contribution in [0.4, 0.5) is 0 Å². The van der Waals surface area contributed by atoms with E-state index >= 15 is 0 Å². The Labute approximate surface area is 190 Å². The van der Waals surface area contributed by atoms with Gasteiger partial charge in [0.15, 0.2) is 0 Å². The average Bonchev–Trinajstić information content (AvgIpc) is 3.43. The Morgan fingerprint density at radius 2 is 1.90 bits per heavy atom. The third-order valence-corrected chi connectivity index (χ3v) is 11.0. The Kier molecular flexibility index (Phi) is 5.17. The van der Waals surface area contributed by atoms with Crippen molar-refractivity contribution in [3.05, 3.63) is 23.3 Å². The van der Waals surface area contributed by atoms with Crippen LogP contribution in [0.15, 0.2) is 23.3 Å². The minimum absolute atomic E-state index is 0.115. The van der Waals surface area contributed by atoms with Gasteiger partial charge in [0, 0.05) is 17.8 Å². The molecule has 2 heteroatoms. The van der Waals surface area contributed by atoms with Gasteiger partial charge >= 0.3 is 0 Å². The highest BCUT2D eigenvalue weighted by molar-refractivity contribution is 5.85. The quantitative estimate of drug-likeness (QED) is 0.500. The SMILES string of the molecule is CC(C)=CCC[C@@H](C)[C@H]1C(=O)C[C@H]2[C@@H]3CC=C4C5(CC5)C(O)CC[C@]4(C)[C@H]3CC[C@]12C. The second-order valence-corrected chi connectivity index (χ2v) is 12.9. The van der Waals surface area contributed by atoms with E-state index < -0.39 is 0 Å². The van der Waals surface area contributed by atoms with Gasteiger partial charge in [0.1, 0.15) is 5.78 Å². The summed E-state index contributed by atoms with van der Waals surface area (Å²) in [7, 11) is 0. The Bertz CT molecular complexity index is 813. The zero-order chi connectivity index (χ0) is 22.2. The Hall–Kier alpha value is -0.890. The van der Waals surface area contributed by atoms with Gasteiger partial charge in [-0.3, -0.25) is 4.79 Å². The molecule has 5 aliphatic carbocycles. The Balaban J connectivity index is 1.41. The molecule has 0 radical (unpaired) electrons. The smallest absolute Gasteiger partial charge is 0.137 e. The highest BCUT2D eigenvalue weighted by Gasteiger charge is 2.66. The minimum atomic E-state index is -0.115. The number of hydrogen-bond donors (Lipinski definition) is 1. The van der Waals surface area contributed by atoms with Gasteiger partial charge in [0.05, 0.1) is 6.10 Å². The molecule has 5 rings (SSSR count). The minimum Gasteiger partial charge on any atom is -0.392 e. The molecule has 2 nitrogen and oxygen atoms in total. The molecule has 0 saturated heterocycles. The van der Waals surface area contributed by atoms with Gasteiger partial charge in [-0.15, -0.1) is 0 Å². The van der Waals surface area contributed by atoms with Gasteiger partial charge < -0.3 is 5.11 Å². The van der Waals surface area contributed by atoms with Crippen molar-refractivity contribution in [3.8, 4) is 0 Å². The number of Topliss-reactive ketones (excluding diaryl/α,β-unsaturated/α-hetero) is 1. The molecule has 31 heavy (non-hydrogen) atoms. The molecular weight excluding hydrogens is 380 g/mol. The van der Waals surface area contributed by atoms with E-state index in [1.165, 1.54) is 31.3 Å². The summed E-state index contributed by atoms with van der Waals surface area (Å²) in [6.45, 7) is 11.7. The summed E-state index contributed by atoms with van der Waals surface area (Å²) in [6.07, 6.45) is 16.0. The number of allylic oxidation sites excluding steroid dienone is 3. The van der Waals surface area contributed by atoms with Crippen LogP contribution in [0.25, 0.3) is 0 Å². The van der Waals surface area contributed by atoms with Gasteiger partial charge in [0.25, 0.3) is 0 Å². The lowest BCUT2D eigenvalue weighted by atomic mass is 9.45. The van der Waals surface area contributed by atoms with Crippen molar-refractivity contribution in [1.82, 2.24) is 0 Å². The molecule has 1 unspecified atom stereocenters. The van der Waals surface area contributed by atoms with Crippen molar-refractivity contribution in [2.45, 2.75) is 105 Å². The summed E-state index contributed by atoms with van der Waals surface area (Å²) >= 11 is 0. The van der Waals surface area contributed by atoms with E-state index in [9.17, 15) is 9.90 Å². The predicted octanol–water partition coefficient (Wildman–Crippen LogP) is 6.88. The maximum absolute atomic E-state index is 13.4. The second kappa shape index (κ2) is 7.31. The molecule has 0 heterocycles. The number of ketones is 1. The molecule has 1 spiro atoms. The van der Waals surface area contributed by atoms with Crippen molar-refractivity contribution in [3.63, 3.8) is 0 Å². The number of fused-ring (bicyclic) bond motifs is 6. The number of aliphatic hydroxyl groups is 1. The topological polar surface area (TPSA) is 37.3 Å². The Morgan fingerprint density at radius 1 is 1.16 bits per heavy atom. The summed E-state index contributed by atoms with van der Waals surface area (Å²) in [5, 5.41) is 10.8. The van der Waals surface area contributed by atoms with Gasteiger partial charge in [-0.05, 0) is 106 Å². The fraction of sp³-hybridized carbons (Fsp3) is 0.828. The molecule has 8 atom stereocenters. The lowest BCUT2D eigenvalue weighted by Gasteiger charge is -2.59. The van der Waals surface area contributed by atoms with Crippen LogP contribution in [0.2, 0.25) is 0 Å². The fourth-order valence-corrected chi connectivity index (χ4v) is 9.41. The first-order valence-electron chi connectivity index (χ1n) is 13.2. The predicted molar refractivity (Wildman–Crippen MR) is 126 cm³/mol. The molecule has 0 amide bonds. The van der Waals surface area contributed by atoms with E-state index in [-0.39, 0.29) is 28.3 Å².